The summed E-state index contributed by atoms with van der Waals surface area (Å²) in [5, 5.41) is 12.7. The average Bonchev–Trinajstić information content (AvgIpc) is 3.20. The number of carbonyl (C=O) groups excluding carboxylic acids is 2. The number of anilines is 1. The summed E-state index contributed by atoms with van der Waals surface area (Å²) in [5.41, 5.74) is 2.95. The third-order valence-electron chi connectivity index (χ3n) is 4.30. The van der Waals surface area contributed by atoms with Crippen LogP contribution in [-0.2, 0) is 17.8 Å². The Labute approximate surface area is 154 Å². The first-order valence-corrected chi connectivity index (χ1v) is 8.35. The Morgan fingerprint density at radius 2 is 2.08 bits per heavy atom. The van der Waals surface area contributed by atoms with Crippen molar-refractivity contribution in [2.45, 2.75) is 13.0 Å². The molecule has 0 spiro atoms. The average molecular weight is 368 g/mol. The van der Waals surface area contributed by atoms with E-state index in [9.17, 15) is 9.59 Å². The van der Waals surface area contributed by atoms with Crippen LogP contribution in [0.2, 0.25) is 5.02 Å². The van der Waals surface area contributed by atoms with Gasteiger partial charge in [0.25, 0.3) is 0 Å². The molecule has 0 atom stereocenters. The first-order valence-electron chi connectivity index (χ1n) is 7.98. The molecule has 2 heterocycles. The summed E-state index contributed by atoms with van der Waals surface area (Å²) in [4.78, 5) is 27.1. The van der Waals surface area contributed by atoms with Gasteiger partial charge in [0.15, 0.2) is 5.78 Å². The summed E-state index contributed by atoms with van der Waals surface area (Å²) in [7, 11) is 1.73. The minimum Gasteiger partial charge on any atom is -0.315 e. The molecule has 1 amide bonds. The first-order chi connectivity index (χ1) is 12.5. The Balaban J connectivity index is 1.53. The van der Waals surface area contributed by atoms with Crippen molar-refractivity contribution in [2.24, 2.45) is 0 Å². The molecule has 0 saturated heterocycles. The Morgan fingerprint density at radius 1 is 1.23 bits per heavy atom. The Kier molecular flexibility index (Phi) is 4.00. The van der Waals surface area contributed by atoms with Gasteiger partial charge in [0.2, 0.25) is 11.7 Å². The maximum absolute atomic E-state index is 12.5. The molecule has 0 fully saturated rings. The SMILES string of the molecule is CN1C(=O)Cc2cc(C(=O)Cn3nnc(-c4cccc(Cl)c4)n3)ccc21. The molecular formula is C18H14ClN5O2. The summed E-state index contributed by atoms with van der Waals surface area (Å²) in [6.45, 7) is -0.0316. The molecule has 0 bridgehead atoms. The number of ketones is 1. The van der Waals surface area contributed by atoms with Crippen LogP contribution in [0.25, 0.3) is 11.4 Å². The van der Waals surface area contributed by atoms with Crippen LogP contribution in [0.3, 0.4) is 0 Å². The lowest BCUT2D eigenvalue weighted by Gasteiger charge is -2.10. The van der Waals surface area contributed by atoms with Gasteiger partial charge in [0.05, 0.1) is 6.42 Å². The zero-order valence-electron chi connectivity index (χ0n) is 13.9. The second-order valence-corrected chi connectivity index (χ2v) is 6.49. The highest BCUT2D eigenvalue weighted by Gasteiger charge is 2.25. The van der Waals surface area contributed by atoms with Gasteiger partial charge in [-0.15, -0.1) is 10.2 Å². The van der Waals surface area contributed by atoms with Crippen LogP contribution in [0.15, 0.2) is 42.5 Å². The molecule has 2 aromatic carbocycles. The Morgan fingerprint density at radius 3 is 2.88 bits per heavy atom. The van der Waals surface area contributed by atoms with Crippen molar-refractivity contribution in [3.8, 4) is 11.4 Å². The number of carbonyl (C=O) groups is 2. The van der Waals surface area contributed by atoms with E-state index in [-0.39, 0.29) is 18.2 Å². The Bertz CT molecular complexity index is 1030. The lowest BCUT2D eigenvalue weighted by atomic mass is 10.1. The van der Waals surface area contributed by atoms with E-state index in [0.29, 0.717) is 22.8 Å². The number of Topliss-reactive ketones (excluding diaryl/α,β-unsaturated/α-hetero) is 1. The minimum atomic E-state index is -0.148. The molecule has 1 aromatic heterocycles. The van der Waals surface area contributed by atoms with Crippen molar-refractivity contribution in [2.75, 3.05) is 11.9 Å². The number of benzene rings is 2. The minimum absolute atomic E-state index is 0.0219. The van der Waals surface area contributed by atoms with Gasteiger partial charge in [-0.3, -0.25) is 9.59 Å². The van der Waals surface area contributed by atoms with Crippen LogP contribution in [0.4, 0.5) is 5.69 Å². The van der Waals surface area contributed by atoms with Crippen molar-refractivity contribution in [3.63, 3.8) is 0 Å². The first kappa shape index (κ1) is 16.4. The quantitative estimate of drug-likeness (QED) is 0.661. The third-order valence-corrected chi connectivity index (χ3v) is 4.53. The number of likely N-dealkylation sites (N-methyl/N-ethyl adjacent to an activating group) is 1. The Hall–Kier alpha value is -3.06. The molecule has 0 radical (unpaired) electrons. The molecule has 7 nitrogen and oxygen atoms in total. The number of nitrogens with zero attached hydrogens (tertiary/aromatic N) is 5. The molecule has 0 aliphatic carbocycles. The molecule has 0 saturated carbocycles. The molecule has 130 valence electrons. The molecule has 26 heavy (non-hydrogen) atoms. The van der Waals surface area contributed by atoms with Gasteiger partial charge in [0.1, 0.15) is 6.54 Å². The lowest BCUT2D eigenvalue weighted by Crippen LogP contribution is -2.20. The van der Waals surface area contributed by atoms with Crippen LogP contribution in [0, 0.1) is 0 Å². The van der Waals surface area contributed by atoms with Gasteiger partial charge in [-0.1, -0.05) is 23.7 Å². The van der Waals surface area contributed by atoms with E-state index < -0.39 is 0 Å². The molecule has 4 rings (SSSR count). The molecule has 3 aromatic rings. The number of halogens is 1. The van der Waals surface area contributed by atoms with E-state index in [2.05, 4.69) is 15.4 Å². The van der Waals surface area contributed by atoms with Gasteiger partial charge in [-0.05, 0) is 41.1 Å². The smallest absolute Gasteiger partial charge is 0.231 e. The topological polar surface area (TPSA) is 81.0 Å². The molecule has 1 aliphatic rings. The van der Waals surface area contributed by atoms with E-state index >= 15 is 0 Å². The highest BCUT2D eigenvalue weighted by atomic mass is 35.5. The number of rotatable bonds is 4. The largest absolute Gasteiger partial charge is 0.315 e. The summed E-state index contributed by atoms with van der Waals surface area (Å²) in [6, 6.07) is 12.4. The summed E-state index contributed by atoms with van der Waals surface area (Å²) < 4.78 is 0. The van der Waals surface area contributed by atoms with Crippen LogP contribution in [-0.4, -0.2) is 38.9 Å². The highest BCUT2D eigenvalue weighted by Crippen LogP contribution is 2.28. The van der Waals surface area contributed by atoms with Crippen LogP contribution in [0.1, 0.15) is 15.9 Å². The summed E-state index contributed by atoms with van der Waals surface area (Å²) >= 11 is 5.97. The predicted molar refractivity (Wildman–Crippen MR) is 96.1 cm³/mol. The maximum atomic E-state index is 12.5. The van der Waals surface area contributed by atoms with Gasteiger partial charge in [0, 0.05) is 28.9 Å². The number of tetrazole rings is 1. The van der Waals surface area contributed by atoms with Gasteiger partial charge >= 0.3 is 0 Å². The van der Waals surface area contributed by atoms with Crippen molar-refractivity contribution in [1.29, 1.82) is 0 Å². The van der Waals surface area contributed by atoms with Gasteiger partial charge < -0.3 is 4.90 Å². The van der Waals surface area contributed by atoms with Crippen molar-refractivity contribution in [3.05, 3.63) is 58.6 Å². The van der Waals surface area contributed by atoms with E-state index in [4.69, 9.17) is 11.6 Å². The predicted octanol–water partition coefficient (Wildman–Crippen LogP) is 2.40. The molecule has 0 unspecified atom stereocenters. The van der Waals surface area contributed by atoms with E-state index in [1.54, 1.807) is 48.3 Å². The maximum Gasteiger partial charge on any atom is 0.231 e. The normalized spacial score (nSPS) is 13.2. The second kappa shape index (κ2) is 6.34. The zero-order valence-corrected chi connectivity index (χ0v) is 14.6. The van der Waals surface area contributed by atoms with Crippen molar-refractivity contribution < 1.29 is 9.59 Å². The third kappa shape index (κ3) is 2.97. The molecular weight excluding hydrogens is 354 g/mol. The van der Waals surface area contributed by atoms with Crippen LogP contribution < -0.4 is 4.90 Å². The highest BCUT2D eigenvalue weighted by molar-refractivity contribution is 6.30. The monoisotopic (exact) mass is 367 g/mol. The fourth-order valence-corrected chi connectivity index (χ4v) is 3.11. The second-order valence-electron chi connectivity index (χ2n) is 6.05. The fraction of sp³-hybridized carbons (Fsp3) is 0.167. The molecule has 1 aliphatic heterocycles. The zero-order chi connectivity index (χ0) is 18.3. The number of hydrogen-bond acceptors (Lipinski definition) is 5. The fourth-order valence-electron chi connectivity index (χ4n) is 2.92. The van der Waals surface area contributed by atoms with Gasteiger partial charge in [-0.25, -0.2) is 0 Å². The summed E-state index contributed by atoms with van der Waals surface area (Å²) in [5.74, 6) is 0.278. The number of fused-ring (bicyclic) bond motifs is 1. The van der Waals surface area contributed by atoms with Crippen LogP contribution >= 0.6 is 11.6 Å². The summed E-state index contributed by atoms with van der Waals surface area (Å²) in [6.07, 6.45) is 0.313. The number of hydrogen-bond donors (Lipinski definition) is 0. The van der Waals surface area contributed by atoms with E-state index in [1.165, 1.54) is 4.80 Å². The van der Waals surface area contributed by atoms with E-state index in [1.807, 2.05) is 6.07 Å². The number of amides is 1. The molecule has 0 N–H and O–H groups in total. The lowest BCUT2D eigenvalue weighted by molar-refractivity contribution is -0.117. The standard InChI is InChI=1S/C18H14ClN5O2/c1-23-15-6-5-11(7-13(15)9-17(23)26)16(25)10-24-21-18(20-22-24)12-3-2-4-14(19)8-12/h2-8H,9-10H2,1H3. The molecule has 8 heteroatoms. The van der Waals surface area contributed by atoms with Crippen molar-refractivity contribution >= 4 is 29.0 Å². The van der Waals surface area contributed by atoms with Gasteiger partial charge in [-0.2, -0.15) is 4.80 Å². The van der Waals surface area contributed by atoms with Crippen LogP contribution in [0.5, 0.6) is 0 Å². The van der Waals surface area contributed by atoms with E-state index in [0.717, 1.165) is 16.8 Å². The number of aromatic nitrogens is 4. The van der Waals surface area contributed by atoms with Crippen molar-refractivity contribution in [1.82, 2.24) is 20.2 Å².